The predicted octanol–water partition coefficient (Wildman–Crippen LogP) is 4.11. The van der Waals surface area contributed by atoms with Gasteiger partial charge in [-0.2, -0.15) is 5.10 Å². The number of nitrogens with one attached hydrogen (secondary N) is 2. The van der Waals surface area contributed by atoms with Crippen molar-refractivity contribution in [1.82, 2.24) is 25.1 Å². The molecule has 166 valence electrons. The van der Waals surface area contributed by atoms with Gasteiger partial charge in [0.15, 0.2) is 11.5 Å². The van der Waals surface area contributed by atoms with E-state index in [0.717, 1.165) is 22.4 Å². The van der Waals surface area contributed by atoms with Crippen molar-refractivity contribution in [2.24, 2.45) is 13.0 Å². The molecule has 0 spiro atoms. The number of amides is 1. The number of carbonyl (C=O) groups excluding carboxylic acids is 1. The zero-order valence-corrected chi connectivity index (χ0v) is 18.8. The number of methoxy groups -OCH3 is 2. The van der Waals surface area contributed by atoms with Gasteiger partial charge in [-0.15, -0.1) is 0 Å². The van der Waals surface area contributed by atoms with Crippen molar-refractivity contribution < 1.29 is 14.3 Å². The fourth-order valence-corrected chi connectivity index (χ4v) is 3.77. The Morgan fingerprint density at radius 2 is 1.81 bits per heavy atom. The number of fused-ring (bicyclic) bond motifs is 1. The number of hydrogen-bond donors (Lipinski definition) is 2. The minimum Gasteiger partial charge on any atom is -0.493 e. The lowest BCUT2D eigenvalue weighted by atomic mass is 10.0. The molecule has 0 bridgehead atoms. The quantitative estimate of drug-likeness (QED) is 0.457. The Balaban J connectivity index is 1.59. The van der Waals surface area contributed by atoms with Crippen molar-refractivity contribution in [2.75, 3.05) is 14.2 Å². The Morgan fingerprint density at radius 1 is 1.06 bits per heavy atom. The molecule has 0 radical (unpaired) electrons. The van der Waals surface area contributed by atoms with Gasteiger partial charge in [-0.1, -0.05) is 26.0 Å². The molecule has 0 aliphatic carbocycles. The SMILES string of the molecule is COc1ccc(-c2cc(C(=O)NC(c3nc4ccccc4n3C)C(C)C)[nH]n2)cc1OC. The van der Waals surface area contributed by atoms with Crippen molar-refractivity contribution in [3.05, 3.63) is 60.0 Å². The summed E-state index contributed by atoms with van der Waals surface area (Å²) < 4.78 is 12.7. The van der Waals surface area contributed by atoms with Crippen LogP contribution in [0, 0.1) is 5.92 Å². The van der Waals surface area contributed by atoms with Crippen molar-refractivity contribution in [1.29, 1.82) is 0 Å². The van der Waals surface area contributed by atoms with Crippen LogP contribution in [0.1, 0.15) is 36.2 Å². The van der Waals surface area contributed by atoms with Gasteiger partial charge in [0.25, 0.3) is 5.91 Å². The number of imidazole rings is 1. The van der Waals surface area contributed by atoms with Crippen molar-refractivity contribution in [2.45, 2.75) is 19.9 Å². The summed E-state index contributed by atoms with van der Waals surface area (Å²) in [6, 6.07) is 14.9. The highest BCUT2D eigenvalue weighted by Crippen LogP contribution is 2.32. The fraction of sp³-hybridized carbons (Fsp3) is 0.292. The van der Waals surface area contributed by atoms with E-state index >= 15 is 0 Å². The first-order valence-electron chi connectivity index (χ1n) is 10.4. The van der Waals surface area contributed by atoms with Crippen LogP contribution in [-0.4, -0.2) is 39.9 Å². The molecular formula is C24H27N5O3. The zero-order chi connectivity index (χ0) is 22.8. The first-order valence-corrected chi connectivity index (χ1v) is 10.4. The average molecular weight is 434 g/mol. The van der Waals surface area contributed by atoms with Crippen molar-refractivity contribution in [3.63, 3.8) is 0 Å². The van der Waals surface area contributed by atoms with Gasteiger partial charge in [0, 0.05) is 12.6 Å². The van der Waals surface area contributed by atoms with Crippen LogP contribution in [-0.2, 0) is 7.05 Å². The van der Waals surface area contributed by atoms with Gasteiger partial charge in [-0.3, -0.25) is 9.89 Å². The second kappa shape index (κ2) is 8.74. The summed E-state index contributed by atoms with van der Waals surface area (Å²) in [4.78, 5) is 17.8. The normalized spacial score (nSPS) is 12.2. The maximum atomic E-state index is 13.1. The van der Waals surface area contributed by atoms with Gasteiger partial charge >= 0.3 is 0 Å². The summed E-state index contributed by atoms with van der Waals surface area (Å²) in [5.41, 5.74) is 3.76. The van der Waals surface area contributed by atoms with Crippen LogP contribution in [0.25, 0.3) is 22.3 Å². The molecule has 0 aliphatic heterocycles. The molecule has 4 rings (SSSR count). The molecule has 2 N–H and O–H groups in total. The Labute approximate surface area is 186 Å². The van der Waals surface area contributed by atoms with Crippen LogP contribution >= 0.6 is 0 Å². The minimum atomic E-state index is -0.257. The van der Waals surface area contributed by atoms with Crippen LogP contribution in [0.4, 0.5) is 0 Å². The average Bonchev–Trinajstić information content (AvgIpc) is 3.42. The fourth-order valence-electron chi connectivity index (χ4n) is 3.77. The van der Waals surface area contributed by atoms with Gasteiger partial charge in [0.1, 0.15) is 11.5 Å². The van der Waals surface area contributed by atoms with Crippen LogP contribution in [0.5, 0.6) is 11.5 Å². The predicted molar refractivity (Wildman–Crippen MR) is 123 cm³/mol. The monoisotopic (exact) mass is 433 g/mol. The Bertz CT molecular complexity index is 1260. The van der Waals surface area contributed by atoms with Gasteiger partial charge < -0.3 is 19.4 Å². The summed E-state index contributed by atoms with van der Waals surface area (Å²) >= 11 is 0. The number of ether oxygens (including phenoxy) is 2. The van der Waals surface area contributed by atoms with Crippen LogP contribution < -0.4 is 14.8 Å². The lowest BCUT2D eigenvalue weighted by Gasteiger charge is -2.21. The van der Waals surface area contributed by atoms with Crippen molar-refractivity contribution in [3.8, 4) is 22.8 Å². The molecule has 1 atom stereocenters. The number of aromatic nitrogens is 4. The van der Waals surface area contributed by atoms with Crippen LogP contribution in [0.2, 0.25) is 0 Å². The number of aryl methyl sites for hydroxylation is 1. The molecule has 2 aromatic carbocycles. The molecule has 8 nitrogen and oxygen atoms in total. The van der Waals surface area contributed by atoms with E-state index in [0.29, 0.717) is 22.9 Å². The second-order valence-corrected chi connectivity index (χ2v) is 7.95. The Hall–Kier alpha value is -3.81. The summed E-state index contributed by atoms with van der Waals surface area (Å²) in [5, 5.41) is 10.3. The maximum Gasteiger partial charge on any atom is 0.269 e. The third-order valence-electron chi connectivity index (χ3n) is 5.55. The summed E-state index contributed by atoms with van der Waals surface area (Å²) in [7, 11) is 5.14. The molecule has 0 aliphatic rings. The summed E-state index contributed by atoms with van der Waals surface area (Å²) in [6.07, 6.45) is 0. The highest BCUT2D eigenvalue weighted by molar-refractivity contribution is 5.93. The van der Waals surface area contributed by atoms with Crippen molar-refractivity contribution >= 4 is 16.9 Å². The molecule has 0 fully saturated rings. The molecule has 1 amide bonds. The molecular weight excluding hydrogens is 406 g/mol. The molecule has 32 heavy (non-hydrogen) atoms. The van der Waals surface area contributed by atoms with E-state index in [-0.39, 0.29) is 17.9 Å². The molecule has 2 aromatic heterocycles. The van der Waals surface area contributed by atoms with E-state index in [4.69, 9.17) is 14.5 Å². The number of hydrogen-bond acceptors (Lipinski definition) is 5. The highest BCUT2D eigenvalue weighted by atomic mass is 16.5. The molecule has 2 heterocycles. The van der Waals surface area contributed by atoms with E-state index in [2.05, 4.69) is 29.4 Å². The van der Waals surface area contributed by atoms with Gasteiger partial charge in [0.2, 0.25) is 0 Å². The molecule has 1 unspecified atom stereocenters. The lowest BCUT2D eigenvalue weighted by Crippen LogP contribution is -2.33. The van der Waals surface area contributed by atoms with E-state index in [1.165, 1.54) is 0 Å². The first kappa shape index (κ1) is 21.4. The smallest absolute Gasteiger partial charge is 0.269 e. The van der Waals surface area contributed by atoms with E-state index in [1.54, 1.807) is 20.3 Å². The Kier molecular flexibility index (Phi) is 5.85. The highest BCUT2D eigenvalue weighted by Gasteiger charge is 2.25. The second-order valence-electron chi connectivity index (χ2n) is 7.95. The largest absolute Gasteiger partial charge is 0.493 e. The number of H-pyrrole nitrogens is 1. The standard InChI is InChI=1S/C24H27N5O3/c1-14(2)22(23-25-16-8-6-7-9-19(16)29(23)3)26-24(30)18-13-17(27-28-18)15-10-11-20(31-4)21(12-15)32-5/h6-14,22H,1-5H3,(H,26,30)(H,27,28). The van der Waals surface area contributed by atoms with Gasteiger partial charge in [-0.05, 0) is 42.3 Å². The molecule has 0 saturated heterocycles. The van der Waals surface area contributed by atoms with E-state index < -0.39 is 0 Å². The van der Waals surface area contributed by atoms with Gasteiger partial charge in [-0.25, -0.2) is 4.98 Å². The first-order chi connectivity index (χ1) is 15.4. The number of rotatable bonds is 7. The van der Waals surface area contributed by atoms with Crippen LogP contribution in [0.15, 0.2) is 48.5 Å². The number of nitrogens with zero attached hydrogens (tertiary/aromatic N) is 3. The minimum absolute atomic E-state index is 0.141. The Morgan fingerprint density at radius 3 is 2.50 bits per heavy atom. The molecule has 8 heteroatoms. The maximum absolute atomic E-state index is 13.1. The van der Waals surface area contributed by atoms with E-state index in [1.807, 2.05) is 54.1 Å². The molecule has 0 saturated carbocycles. The molecule has 4 aromatic rings. The number of benzene rings is 2. The third kappa shape index (κ3) is 3.91. The van der Waals surface area contributed by atoms with E-state index in [9.17, 15) is 4.79 Å². The number of para-hydroxylation sites is 2. The number of aromatic amines is 1. The third-order valence-corrected chi connectivity index (χ3v) is 5.55. The van der Waals surface area contributed by atoms with Gasteiger partial charge in [0.05, 0.1) is 37.0 Å². The zero-order valence-electron chi connectivity index (χ0n) is 18.8. The lowest BCUT2D eigenvalue weighted by molar-refractivity contribution is 0.0917. The number of carbonyl (C=O) groups is 1. The van der Waals surface area contributed by atoms with Crippen LogP contribution in [0.3, 0.4) is 0 Å². The topological polar surface area (TPSA) is 94.1 Å². The summed E-state index contributed by atoms with van der Waals surface area (Å²) in [5.74, 6) is 1.94. The summed E-state index contributed by atoms with van der Waals surface area (Å²) in [6.45, 7) is 4.12.